The number of allylic oxidation sites excluding steroid dienone is 1. The first-order valence-electron chi connectivity index (χ1n) is 11.2. The van der Waals surface area contributed by atoms with Gasteiger partial charge in [0, 0.05) is 30.3 Å². The second kappa shape index (κ2) is 9.91. The fourth-order valence-corrected chi connectivity index (χ4v) is 4.50. The van der Waals surface area contributed by atoms with E-state index < -0.39 is 24.0 Å². The number of nitrogens with zero attached hydrogens (tertiary/aromatic N) is 3. The van der Waals surface area contributed by atoms with Crippen LogP contribution in [0.3, 0.4) is 0 Å². The predicted molar refractivity (Wildman–Crippen MR) is 122 cm³/mol. The van der Waals surface area contributed by atoms with Crippen LogP contribution in [0.2, 0.25) is 0 Å². The summed E-state index contributed by atoms with van der Waals surface area (Å²) in [5, 5.41) is 13.5. The number of hydrogen-bond acceptors (Lipinski definition) is 6. The van der Waals surface area contributed by atoms with Crippen LogP contribution in [0.25, 0.3) is 6.08 Å². The van der Waals surface area contributed by atoms with Crippen molar-refractivity contribution < 1.29 is 18.3 Å². The fraction of sp³-hybridized carbons (Fsp3) is 0.458. The van der Waals surface area contributed by atoms with Crippen LogP contribution in [0.1, 0.15) is 79.3 Å². The summed E-state index contributed by atoms with van der Waals surface area (Å²) in [5.74, 6) is 0.468. The molecule has 6 nitrogen and oxygen atoms in total. The molecule has 1 fully saturated rings. The van der Waals surface area contributed by atoms with Gasteiger partial charge in [0.05, 0.1) is 22.6 Å². The predicted octanol–water partition coefficient (Wildman–Crippen LogP) is 5.60. The standard InChI is InChI=1S/C24H28F3N5O/c1-13-30-20-11-16(33)10-7-14-5-8-15(9-6-14)29-12-19(20)24(31-13)32-23(28)18-4-2-3-17(21(18)25)22(26)27/h2-4,11-12,14-15,22-23,33H,5-10,28H2,1H3,(H,30,31,32). The molecule has 0 amide bonds. The van der Waals surface area contributed by atoms with Gasteiger partial charge in [-0.25, -0.2) is 23.1 Å². The minimum Gasteiger partial charge on any atom is -0.512 e. The van der Waals surface area contributed by atoms with Crippen molar-refractivity contribution in [3.8, 4) is 0 Å². The Morgan fingerprint density at radius 2 is 1.82 bits per heavy atom. The summed E-state index contributed by atoms with van der Waals surface area (Å²) in [6, 6.07) is 3.93. The van der Waals surface area contributed by atoms with Gasteiger partial charge >= 0.3 is 0 Å². The van der Waals surface area contributed by atoms with Gasteiger partial charge < -0.3 is 16.2 Å². The maximum atomic E-state index is 14.6. The van der Waals surface area contributed by atoms with Crippen molar-refractivity contribution in [1.82, 2.24) is 9.97 Å². The monoisotopic (exact) mass is 459 g/mol. The number of nitrogens with one attached hydrogen (secondary N) is 1. The van der Waals surface area contributed by atoms with Crippen LogP contribution in [-0.4, -0.2) is 27.3 Å². The number of aromatic nitrogens is 2. The number of hydrogen-bond donors (Lipinski definition) is 3. The van der Waals surface area contributed by atoms with Gasteiger partial charge in [-0.05, 0) is 44.9 Å². The Labute approximate surface area is 190 Å². The molecular formula is C24H28F3N5O. The van der Waals surface area contributed by atoms with Gasteiger partial charge in [0.15, 0.2) is 0 Å². The molecule has 4 N–H and O–H groups in total. The number of nitrogens with two attached hydrogens (primary N) is 1. The minimum absolute atomic E-state index is 0.0976. The number of fused-ring (bicyclic) bond motifs is 4. The molecule has 2 aromatic rings. The first-order valence-corrected chi connectivity index (χ1v) is 11.2. The van der Waals surface area contributed by atoms with Crippen molar-refractivity contribution in [2.75, 3.05) is 5.32 Å². The Morgan fingerprint density at radius 1 is 1.09 bits per heavy atom. The van der Waals surface area contributed by atoms with Crippen LogP contribution in [0, 0.1) is 18.7 Å². The van der Waals surface area contributed by atoms with Crippen LogP contribution >= 0.6 is 0 Å². The Hall–Kier alpha value is -2.94. The van der Waals surface area contributed by atoms with Crippen molar-refractivity contribution in [3.63, 3.8) is 0 Å². The van der Waals surface area contributed by atoms with Crippen molar-refractivity contribution in [2.24, 2.45) is 16.6 Å². The Kier molecular flexibility index (Phi) is 6.97. The van der Waals surface area contributed by atoms with E-state index in [1.54, 1.807) is 19.2 Å². The van der Waals surface area contributed by atoms with Crippen LogP contribution < -0.4 is 11.1 Å². The maximum absolute atomic E-state index is 14.6. The number of aryl methyl sites for hydroxylation is 1. The van der Waals surface area contributed by atoms with E-state index in [-0.39, 0.29) is 17.4 Å². The lowest BCUT2D eigenvalue weighted by Crippen LogP contribution is -2.24. The molecule has 33 heavy (non-hydrogen) atoms. The topological polar surface area (TPSA) is 96.4 Å². The number of rotatable bonds is 4. The third-order valence-electron chi connectivity index (χ3n) is 6.35. The number of anilines is 1. The molecule has 1 aliphatic carbocycles. The summed E-state index contributed by atoms with van der Waals surface area (Å²) in [5.41, 5.74) is 6.35. The molecule has 0 spiro atoms. The summed E-state index contributed by atoms with van der Waals surface area (Å²) < 4.78 is 40.9. The Bertz CT molecular complexity index is 1060. The SMILES string of the molecule is Cc1nc2c(c(NC(N)c3cccc(C(F)F)c3F)n1)C=NC1CCC(CCC(O)=C2)CC1. The van der Waals surface area contributed by atoms with Crippen molar-refractivity contribution >= 4 is 18.1 Å². The molecule has 1 unspecified atom stereocenters. The summed E-state index contributed by atoms with van der Waals surface area (Å²) >= 11 is 0. The largest absolute Gasteiger partial charge is 0.512 e. The average Bonchev–Trinajstić information content (AvgIpc) is 2.76. The highest BCUT2D eigenvalue weighted by Gasteiger charge is 2.24. The number of halogens is 3. The summed E-state index contributed by atoms with van der Waals surface area (Å²) in [4.78, 5) is 13.6. The summed E-state index contributed by atoms with van der Waals surface area (Å²) in [7, 11) is 0. The van der Waals surface area contributed by atoms with Gasteiger partial charge in [-0.3, -0.25) is 4.99 Å². The van der Waals surface area contributed by atoms with E-state index in [0.29, 0.717) is 35.2 Å². The molecule has 1 aromatic carbocycles. The van der Waals surface area contributed by atoms with E-state index in [1.807, 2.05) is 0 Å². The Morgan fingerprint density at radius 3 is 2.55 bits per heavy atom. The van der Waals surface area contributed by atoms with Gasteiger partial charge in [0.1, 0.15) is 23.6 Å². The highest BCUT2D eigenvalue weighted by molar-refractivity contribution is 5.91. The molecular weight excluding hydrogens is 431 g/mol. The highest BCUT2D eigenvalue weighted by Crippen LogP contribution is 2.32. The van der Waals surface area contributed by atoms with Crippen LogP contribution in [0.5, 0.6) is 0 Å². The molecule has 0 saturated heterocycles. The second-order valence-electron chi connectivity index (χ2n) is 8.72. The van der Waals surface area contributed by atoms with Gasteiger partial charge in [0.2, 0.25) is 0 Å². The first-order chi connectivity index (χ1) is 15.8. The maximum Gasteiger partial charge on any atom is 0.266 e. The van der Waals surface area contributed by atoms with E-state index in [4.69, 9.17) is 10.7 Å². The van der Waals surface area contributed by atoms with Crippen molar-refractivity contribution in [2.45, 2.75) is 64.1 Å². The number of benzene rings is 1. The third kappa shape index (κ3) is 5.35. The molecule has 0 radical (unpaired) electrons. The molecule has 5 rings (SSSR count). The average molecular weight is 460 g/mol. The van der Waals surface area contributed by atoms with Crippen LogP contribution in [-0.2, 0) is 0 Å². The van der Waals surface area contributed by atoms with Gasteiger partial charge in [0.25, 0.3) is 6.43 Å². The lowest BCUT2D eigenvalue weighted by Gasteiger charge is -2.26. The summed E-state index contributed by atoms with van der Waals surface area (Å²) in [6.07, 6.45) is 4.75. The van der Waals surface area contributed by atoms with Gasteiger partial charge in [-0.2, -0.15) is 0 Å². The lowest BCUT2D eigenvalue weighted by atomic mass is 9.83. The number of aliphatic hydroxyl groups excluding tert-OH is 1. The molecule has 2 bridgehead atoms. The van der Waals surface area contributed by atoms with Crippen LogP contribution in [0.15, 0.2) is 29.0 Å². The van der Waals surface area contributed by atoms with E-state index in [9.17, 15) is 18.3 Å². The van der Waals surface area contributed by atoms with Crippen LogP contribution in [0.4, 0.5) is 19.0 Å². The molecule has 176 valence electrons. The van der Waals surface area contributed by atoms with Crippen molar-refractivity contribution in [1.29, 1.82) is 0 Å². The molecule has 9 heteroatoms. The number of alkyl halides is 2. The molecule has 1 aromatic heterocycles. The quantitative estimate of drug-likeness (QED) is 0.517. The molecule has 1 atom stereocenters. The summed E-state index contributed by atoms with van der Waals surface area (Å²) in [6.45, 7) is 1.69. The van der Waals surface area contributed by atoms with E-state index in [0.717, 1.165) is 38.2 Å². The second-order valence-corrected chi connectivity index (χ2v) is 8.72. The Balaban J connectivity index is 1.73. The fourth-order valence-electron chi connectivity index (χ4n) is 4.50. The first kappa shape index (κ1) is 23.2. The van der Waals surface area contributed by atoms with Gasteiger partial charge in [-0.15, -0.1) is 0 Å². The lowest BCUT2D eigenvalue weighted by molar-refractivity contribution is 0.146. The number of aliphatic hydroxyl groups is 1. The van der Waals surface area contributed by atoms with Crippen molar-refractivity contribution in [3.05, 3.63) is 58.0 Å². The zero-order valence-corrected chi connectivity index (χ0v) is 18.4. The molecule has 3 heterocycles. The minimum atomic E-state index is -2.95. The van der Waals surface area contributed by atoms with E-state index in [1.165, 1.54) is 12.1 Å². The molecule has 3 aliphatic rings. The zero-order chi connectivity index (χ0) is 23.5. The highest BCUT2D eigenvalue weighted by atomic mass is 19.3. The molecule has 1 saturated carbocycles. The normalized spacial score (nSPS) is 21.7. The molecule has 2 aliphatic heterocycles. The zero-order valence-electron chi connectivity index (χ0n) is 18.4. The number of aliphatic imine (C=N–C) groups is 1. The van der Waals surface area contributed by atoms with E-state index >= 15 is 0 Å². The van der Waals surface area contributed by atoms with Gasteiger partial charge in [-0.1, -0.05) is 18.2 Å². The van der Waals surface area contributed by atoms with E-state index in [2.05, 4.69) is 15.3 Å². The third-order valence-corrected chi connectivity index (χ3v) is 6.35. The smallest absolute Gasteiger partial charge is 0.266 e.